The van der Waals surface area contributed by atoms with Gasteiger partial charge in [-0.25, -0.2) is 13.6 Å². The Morgan fingerprint density at radius 1 is 1.05 bits per heavy atom. The van der Waals surface area contributed by atoms with Crippen LogP contribution in [0.3, 0.4) is 0 Å². The minimum atomic E-state index is -5.68. The molecule has 1 aromatic heterocycles. The molecule has 2 amide bonds. The van der Waals surface area contributed by atoms with E-state index in [2.05, 4.69) is 20.5 Å². The summed E-state index contributed by atoms with van der Waals surface area (Å²) in [7, 11) is 3.13. The number of carbonyl (C=O) groups is 2. The number of nitrogens with zero attached hydrogens (tertiary/aromatic N) is 5. The lowest BCUT2D eigenvalue weighted by atomic mass is 9.87. The minimum Gasteiger partial charge on any atom is -0.444 e. The van der Waals surface area contributed by atoms with Crippen molar-refractivity contribution in [3.63, 3.8) is 0 Å². The van der Waals surface area contributed by atoms with E-state index in [1.165, 1.54) is 4.90 Å². The van der Waals surface area contributed by atoms with Gasteiger partial charge in [0.1, 0.15) is 5.60 Å². The van der Waals surface area contributed by atoms with Gasteiger partial charge < -0.3 is 30.7 Å². The summed E-state index contributed by atoms with van der Waals surface area (Å²) in [6.45, 7) is 7.08. The van der Waals surface area contributed by atoms with Gasteiger partial charge in [0, 0.05) is 39.3 Å². The van der Waals surface area contributed by atoms with Gasteiger partial charge in [0.25, 0.3) is 11.8 Å². The largest absolute Gasteiger partial charge is 0.444 e. The fourth-order valence-electron chi connectivity index (χ4n) is 3.45. The number of likely N-dealkylation sites (N-methyl/N-ethyl adjacent to an activating group) is 2. The standard InChI is InChI=1S/C24H32F5N7O4/c1-13(12-35(6)20(38)40-21(2,3)4)36(7)19-32-18(16(17(30)37)33-34-19)31-15-10-8-14(9-11-15)23(39,22(5,25)26)24(27,28)29/h8-11,13,39H,12H2,1-7H3,(H2,30,37)(H,31,32,34)/t13-,23?/m1/s1. The molecule has 0 bridgehead atoms. The summed E-state index contributed by atoms with van der Waals surface area (Å²) in [5.74, 6) is -5.81. The Kier molecular flexibility index (Phi) is 9.19. The predicted octanol–water partition coefficient (Wildman–Crippen LogP) is 3.81. The third kappa shape index (κ3) is 7.22. The summed E-state index contributed by atoms with van der Waals surface area (Å²) in [4.78, 5) is 31.3. The van der Waals surface area contributed by atoms with Gasteiger partial charge in [-0.3, -0.25) is 4.79 Å². The molecule has 0 aliphatic heterocycles. The number of hydrogen-bond acceptors (Lipinski definition) is 9. The Morgan fingerprint density at radius 2 is 1.60 bits per heavy atom. The lowest BCUT2D eigenvalue weighted by molar-refractivity contribution is -0.335. The molecule has 0 saturated carbocycles. The van der Waals surface area contributed by atoms with Crippen LogP contribution < -0.4 is 16.0 Å². The number of nitrogens with two attached hydrogens (primary N) is 1. The molecule has 0 fully saturated rings. The van der Waals surface area contributed by atoms with Crippen molar-refractivity contribution >= 4 is 29.5 Å². The fraction of sp³-hybridized carbons (Fsp3) is 0.542. The first-order valence-corrected chi connectivity index (χ1v) is 11.8. The first-order valence-electron chi connectivity index (χ1n) is 11.8. The normalized spacial score (nSPS) is 14.6. The van der Waals surface area contributed by atoms with Crippen LogP contribution in [0, 0.1) is 0 Å². The van der Waals surface area contributed by atoms with Gasteiger partial charge in [0.05, 0.1) is 0 Å². The highest BCUT2D eigenvalue weighted by molar-refractivity contribution is 5.96. The quantitative estimate of drug-likeness (QED) is 0.379. The van der Waals surface area contributed by atoms with Crippen molar-refractivity contribution in [2.45, 2.75) is 64.0 Å². The number of benzene rings is 1. The molecular formula is C24H32F5N7O4. The zero-order valence-electron chi connectivity index (χ0n) is 23.0. The van der Waals surface area contributed by atoms with Crippen LogP contribution in [0.25, 0.3) is 0 Å². The highest BCUT2D eigenvalue weighted by atomic mass is 19.4. The lowest BCUT2D eigenvalue weighted by Gasteiger charge is -2.35. The SMILES string of the molecule is C[C@H](CN(C)C(=O)OC(C)(C)C)N(C)c1nnc(C(N)=O)c(Nc2ccc(C(O)(C(C)(F)F)C(F)(F)F)cc2)n1. The number of nitrogens with one attached hydrogen (secondary N) is 1. The predicted molar refractivity (Wildman–Crippen MR) is 135 cm³/mol. The highest BCUT2D eigenvalue weighted by Gasteiger charge is 2.67. The van der Waals surface area contributed by atoms with E-state index in [0.29, 0.717) is 12.1 Å². The highest BCUT2D eigenvalue weighted by Crippen LogP contribution is 2.49. The number of ether oxygens (including phenoxy) is 1. The number of rotatable bonds is 9. The number of primary amides is 1. The first kappa shape index (κ1) is 32.4. The van der Waals surface area contributed by atoms with Gasteiger partial charge in [-0.1, -0.05) is 12.1 Å². The van der Waals surface area contributed by atoms with E-state index in [0.717, 1.165) is 12.1 Å². The molecule has 2 rings (SSSR count). The second-order valence-corrected chi connectivity index (χ2v) is 10.3. The topological polar surface area (TPSA) is 147 Å². The molecule has 2 aromatic rings. The molecule has 0 spiro atoms. The molecule has 0 aliphatic carbocycles. The van der Waals surface area contributed by atoms with Crippen LogP contribution in [-0.4, -0.2) is 81.6 Å². The Hall–Kier alpha value is -3.82. The van der Waals surface area contributed by atoms with E-state index in [-0.39, 0.29) is 37.0 Å². The van der Waals surface area contributed by atoms with Crippen molar-refractivity contribution in [2.75, 3.05) is 30.9 Å². The first-order chi connectivity index (χ1) is 18.1. The van der Waals surface area contributed by atoms with E-state index >= 15 is 0 Å². The Morgan fingerprint density at radius 3 is 2.05 bits per heavy atom. The van der Waals surface area contributed by atoms with E-state index in [1.54, 1.807) is 46.7 Å². The van der Waals surface area contributed by atoms with Crippen LogP contribution >= 0.6 is 0 Å². The van der Waals surface area contributed by atoms with Crippen LogP contribution in [0.2, 0.25) is 0 Å². The van der Waals surface area contributed by atoms with E-state index < -0.39 is 46.6 Å². The second kappa shape index (κ2) is 11.3. The Labute approximate surface area is 227 Å². The minimum absolute atomic E-state index is 0.00807. The lowest BCUT2D eigenvalue weighted by Crippen LogP contribution is -2.54. The number of halogens is 5. The van der Waals surface area contributed by atoms with E-state index in [4.69, 9.17) is 10.5 Å². The van der Waals surface area contributed by atoms with Crippen LogP contribution in [0.4, 0.5) is 44.2 Å². The van der Waals surface area contributed by atoms with Crippen molar-refractivity contribution in [3.8, 4) is 0 Å². The summed E-state index contributed by atoms with van der Waals surface area (Å²) in [6, 6.07) is 2.89. The van der Waals surface area contributed by atoms with Gasteiger partial charge >= 0.3 is 12.3 Å². The molecule has 4 N–H and O–H groups in total. The summed E-state index contributed by atoms with van der Waals surface area (Å²) >= 11 is 0. The molecular weight excluding hydrogens is 545 g/mol. The molecule has 16 heteroatoms. The van der Waals surface area contributed by atoms with Crippen LogP contribution in [0.15, 0.2) is 24.3 Å². The molecule has 40 heavy (non-hydrogen) atoms. The molecule has 11 nitrogen and oxygen atoms in total. The van der Waals surface area contributed by atoms with Gasteiger partial charge in [0.2, 0.25) is 11.5 Å². The second-order valence-electron chi connectivity index (χ2n) is 10.3. The smallest absolute Gasteiger partial charge is 0.427 e. The monoisotopic (exact) mass is 577 g/mol. The number of alkyl halides is 5. The number of aliphatic hydroxyl groups is 1. The van der Waals surface area contributed by atoms with Crippen molar-refractivity contribution in [3.05, 3.63) is 35.5 Å². The summed E-state index contributed by atoms with van der Waals surface area (Å²) in [5.41, 5.74) is -1.28. The van der Waals surface area contributed by atoms with Crippen LogP contribution in [0.1, 0.15) is 50.7 Å². The van der Waals surface area contributed by atoms with Gasteiger partial charge in [0.15, 0.2) is 11.5 Å². The average molecular weight is 578 g/mol. The molecule has 222 valence electrons. The Balaban J connectivity index is 2.33. The maximum atomic E-state index is 13.8. The maximum Gasteiger partial charge on any atom is 0.427 e. The summed E-state index contributed by atoms with van der Waals surface area (Å²) < 4.78 is 73.2. The zero-order chi connectivity index (χ0) is 30.8. The van der Waals surface area contributed by atoms with E-state index in [9.17, 15) is 36.6 Å². The molecule has 0 radical (unpaired) electrons. The van der Waals surface area contributed by atoms with Crippen molar-refractivity contribution in [1.82, 2.24) is 20.1 Å². The maximum absolute atomic E-state index is 13.8. The van der Waals surface area contributed by atoms with Crippen molar-refractivity contribution < 1.29 is 41.4 Å². The van der Waals surface area contributed by atoms with Crippen LogP contribution in [0.5, 0.6) is 0 Å². The summed E-state index contributed by atoms with van der Waals surface area (Å²) in [5, 5.41) is 20.2. The van der Waals surface area contributed by atoms with Gasteiger partial charge in [-0.05, 0) is 45.4 Å². The summed E-state index contributed by atoms with van der Waals surface area (Å²) in [6.07, 6.45) is -6.23. The molecule has 0 aliphatic rings. The van der Waals surface area contributed by atoms with Crippen molar-refractivity contribution in [1.29, 1.82) is 0 Å². The van der Waals surface area contributed by atoms with Crippen molar-refractivity contribution in [2.24, 2.45) is 5.73 Å². The number of amides is 2. The van der Waals surface area contributed by atoms with Gasteiger partial charge in [-0.2, -0.15) is 18.2 Å². The number of anilines is 3. The number of carbonyl (C=O) groups excluding carboxylic acids is 2. The fourth-order valence-corrected chi connectivity index (χ4v) is 3.45. The average Bonchev–Trinajstić information content (AvgIpc) is 2.80. The molecule has 2 atom stereocenters. The zero-order valence-corrected chi connectivity index (χ0v) is 23.0. The molecule has 1 unspecified atom stereocenters. The molecule has 0 saturated heterocycles. The van der Waals surface area contributed by atoms with E-state index in [1.807, 2.05) is 0 Å². The third-order valence-electron chi connectivity index (χ3n) is 5.74. The third-order valence-corrected chi connectivity index (χ3v) is 5.74. The molecule has 1 heterocycles. The number of hydrogen-bond donors (Lipinski definition) is 3. The molecule has 1 aromatic carbocycles. The number of aromatic nitrogens is 3. The Bertz CT molecular complexity index is 1200. The van der Waals surface area contributed by atoms with Gasteiger partial charge in [-0.15, -0.1) is 10.2 Å². The van der Waals surface area contributed by atoms with Crippen LogP contribution in [-0.2, 0) is 10.3 Å².